The zero-order valence-corrected chi connectivity index (χ0v) is 15.2. The first-order valence-corrected chi connectivity index (χ1v) is 8.69. The number of rotatable bonds is 4. The van der Waals surface area contributed by atoms with Crippen molar-refractivity contribution in [3.63, 3.8) is 0 Å². The standard InChI is InChI=1S/C20H18ClFN2O2/c1-11-6-7-12(2)18-14(11)10-13(19(25)24-18)8-9-23-20(26)17-15(21)4-3-5-16(17)22/h3-7,10,13H,8-9H2,1-2H3,(H,23,26). The van der Waals surface area contributed by atoms with Gasteiger partial charge in [0, 0.05) is 11.8 Å². The smallest absolute Gasteiger partial charge is 0.255 e. The van der Waals surface area contributed by atoms with Gasteiger partial charge in [0.2, 0.25) is 0 Å². The van der Waals surface area contributed by atoms with Crippen LogP contribution in [-0.4, -0.2) is 18.4 Å². The fourth-order valence-corrected chi connectivity index (χ4v) is 3.24. The average molecular weight is 373 g/mol. The van der Waals surface area contributed by atoms with Crippen molar-refractivity contribution < 1.29 is 14.0 Å². The second-order valence-electron chi connectivity index (χ2n) is 6.33. The number of halogens is 2. The molecule has 2 aromatic carbocycles. The maximum Gasteiger partial charge on any atom is 0.255 e. The summed E-state index contributed by atoms with van der Waals surface area (Å²) in [7, 11) is 0. The lowest BCUT2D eigenvalue weighted by atomic mass is 9.97. The third-order valence-electron chi connectivity index (χ3n) is 4.47. The molecular formula is C20H18ClFN2O2. The molecule has 0 saturated heterocycles. The van der Waals surface area contributed by atoms with E-state index in [0.29, 0.717) is 11.8 Å². The molecule has 6 heteroatoms. The molecule has 1 aliphatic rings. The topological polar surface area (TPSA) is 58.5 Å². The number of carbonyl (C=O) groups excluding carboxylic acids is 2. The fourth-order valence-electron chi connectivity index (χ4n) is 2.99. The Hall–Kier alpha value is -2.53. The molecule has 0 saturated carbocycles. The number of aryl methyl sites for hydroxylation is 2. The second-order valence-corrected chi connectivity index (χ2v) is 6.73. The summed E-state index contributed by atoms with van der Waals surface area (Å²) in [5.41, 5.74) is 1.82. The summed E-state index contributed by atoms with van der Waals surface area (Å²) in [6.07, 6.45) is 2.28. The van der Waals surface area contributed by atoms with E-state index in [9.17, 15) is 14.0 Å². The number of fused-ring (bicyclic) bond motifs is 1. The highest BCUT2D eigenvalue weighted by atomic mass is 35.5. The molecule has 0 aromatic heterocycles. The summed E-state index contributed by atoms with van der Waals surface area (Å²) >= 11 is 5.89. The SMILES string of the molecule is Cc1ccc(C)c2c1=CC(CCNC(=O)c1c(F)cccc1Cl)C(=O)N=2. The predicted octanol–water partition coefficient (Wildman–Crippen LogP) is 2.47. The van der Waals surface area contributed by atoms with E-state index >= 15 is 0 Å². The Labute approximate surface area is 155 Å². The van der Waals surface area contributed by atoms with Gasteiger partial charge in [-0.05, 0) is 43.5 Å². The van der Waals surface area contributed by atoms with Crippen molar-refractivity contribution in [2.45, 2.75) is 20.3 Å². The van der Waals surface area contributed by atoms with E-state index in [2.05, 4.69) is 10.3 Å². The molecule has 0 radical (unpaired) electrons. The number of nitrogens with zero attached hydrogens (tertiary/aromatic N) is 1. The Bertz CT molecular complexity index is 997. The van der Waals surface area contributed by atoms with Crippen molar-refractivity contribution in [3.8, 4) is 0 Å². The first-order valence-electron chi connectivity index (χ1n) is 8.31. The molecule has 1 unspecified atom stereocenters. The lowest BCUT2D eigenvalue weighted by molar-refractivity contribution is -0.120. The highest BCUT2D eigenvalue weighted by Crippen LogP contribution is 2.19. The molecule has 2 aromatic rings. The zero-order chi connectivity index (χ0) is 18.8. The number of carbonyl (C=O) groups is 2. The van der Waals surface area contributed by atoms with E-state index in [1.165, 1.54) is 18.2 Å². The predicted molar refractivity (Wildman–Crippen MR) is 98.0 cm³/mol. The first kappa shape index (κ1) is 18.3. The quantitative estimate of drug-likeness (QED) is 0.896. The van der Waals surface area contributed by atoms with Gasteiger partial charge < -0.3 is 5.32 Å². The second kappa shape index (κ2) is 7.38. The summed E-state index contributed by atoms with van der Waals surface area (Å²) in [6, 6.07) is 8.01. The zero-order valence-electron chi connectivity index (χ0n) is 14.5. The summed E-state index contributed by atoms with van der Waals surface area (Å²) in [5.74, 6) is -1.92. The largest absolute Gasteiger partial charge is 0.352 e. The van der Waals surface area contributed by atoms with E-state index in [1.807, 2.05) is 32.1 Å². The minimum absolute atomic E-state index is 0.0535. The van der Waals surface area contributed by atoms with Crippen molar-refractivity contribution in [3.05, 3.63) is 68.4 Å². The van der Waals surface area contributed by atoms with Gasteiger partial charge in [-0.1, -0.05) is 35.9 Å². The third kappa shape index (κ3) is 3.53. The van der Waals surface area contributed by atoms with Crippen LogP contribution in [0.2, 0.25) is 5.02 Å². The van der Waals surface area contributed by atoms with Crippen LogP contribution in [0.1, 0.15) is 27.9 Å². The van der Waals surface area contributed by atoms with Gasteiger partial charge in [0.15, 0.2) is 0 Å². The van der Waals surface area contributed by atoms with Gasteiger partial charge in [-0.3, -0.25) is 9.59 Å². The minimum atomic E-state index is -0.676. The van der Waals surface area contributed by atoms with Crippen molar-refractivity contribution in [1.82, 2.24) is 5.32 Å². The van der Waals surface area contributed by atoms with Gasteiger partial charge in [-0.15, -0.1) is 0 Å². The molecule has 1 aliphatic heterocycles. The van der Waals surface area contributed by atoms with Crippen LogP contribution in [0.5, 0.6) is 0 Å². The van der Waals surface area contributed by atoms with Crippen molar-refractivity contribution in [2.24, 2.45) is 10.9 Å². The number of amides is 2. The van der Waals surface area contributed by atoms with E-state index < -0.39 is 17.6 Å². The summed E-state index contributed by atoms with van der Waals surface area (Å²) in [4.78, 5) is 28.6. The molecule has 134 valence electrons. The molecule has 1 atom stereocenters. The molecule has 3 rings (SSSR count). The van der Waals surface area contributed by atoms with Gasteiger partial charge in [0.05, 0.1) is 21.9 Å². The number of hydrogen-bond donors (Lipinski definition) is 1. The lowest BCUT2D eigenvalue weighted by Gasteiger charge is -2.15. The monoisotopic (exact) mass is 372 g/mol. The minimum Gasteiger partial charge on any atom is -0.352 e. The highest BCUT2D eigenvalue weighted by Gasteiger charge is 2.21. The summed E-state index contributed by atoms with van der Waals surface area (Å²) < 4.78 is 13.8. The molecule has 0 fully saturated rings. The molecule has 0 spiro atoms. The Balaban J connectivity index is 1.73. The number of hydrogen-bond acceptors (Lipinski definition) is 2. The Morgan fingerprint density at radius 1 is 1.23 bits per heavy atom. The normalized spacial score (nSPS) is 15.7. The summed E-state index contributed by atoms with van der Waals surface area (Å²) in [5, 5.41) is 4.35. The highest BCUT2D eigenvalue weighted by molar-refractivity contribution is 6.33. The van der Waals surface area contributed by atoms with E-state index in [1.54, 1.807) is 0 Å². The molecular weight excluding hydrogens is 355 g/mol. The average Bonchev–Trinajstić information content (AvgIpc) is 2.59. The van der Waals surface area contributed by atoms with Crippen LogP contribution in [0, 0.1) is 25.6 Å². The fraction of sp³-hybridized carbons (Fsp3) is 0.250. The van der Waals surface area contributed by atoms with Crippen LogP contribution in [-0.2, 0) is 4.79 Å². The van der Waals surface area contributed by atoms with Crippen LogP contribution in [0.4, 0.5) is 4.39 Å². The van der Waals surface area contributed by atoms with Crippen molar-refractivity contribution in [1.29, 1.82) is 0 Å². The maximum absolute atomic E-state index is 13.8. The van der Waals surface area contributed by atoms with Gasteiger partial charge in [-0.25, -0.2) is 9.38 Å². The number of benzene rings is 2. The summed E-state index contributed by atoms with van der Waals surface area (Å²) in [6.45, 7) is 4.10. The third-order valence-corrected chi connectivity index (χ3v) is 4.79. The van der Waals surface area contributed by atoms with Gasteiger partial charge in [0.25, 0.3) is 11.8 Å². The molecule has 0 aliphatic carbocycles. The van der Waals surface area contributed by atoms with Crippen LogP contribution < -0.4 is 15.9 Å². The Morgan fingerprint density at radius 3 is 2.69 bits per heavy atom. The molecule has 1 heterocycles. The van der Waals surface area contributed by atoms with Gasteiger partial charge in [-0.2, -0.15) is 0 Å². The van der Waals surface area contributed by atoms with Gasteiger partial charge in [0.1, 0.15) is 5.82 Å². The lowest BCUT2D eigenvalue weighted by Crippen LogP contribution is -2.38. The molecule has 2 amide bonds. The van der Waals surface area contributed by atoms with Crippen molar-refractivity contribution in [2.75, 3.05) is 6.54 Å². The Morgan fingerprint density at radius 2 is 1.96 bits per heavy atom. The molecule has 1 N–H and O–H groups in total. The van der Waals surface area contributed by atoms with E-state index in [-0.39, 0.29) is 23.0 Å². The van der Waals surface area contributed by atoms with E-state index in [0.717, 1.165) is 16.3 Å². The molecule has 26 heavy (non-hydrogen) atoms. The van der Waals surface area contributed by atoms with Crippen LogP contribution in [0.25, 0.3) is 6.08 Å². The van der Waals surface area contributed by atoms with E-state index in [4.69, 9.17) is 11.6 Å². The molecule has 4 nitrogen and oxygen atoms in total. The van der Waals surface area contributed by atoms with Crippen LogP contribution in [0.3, 0.4) is 0 Å². The van der Waals surface area contributed by atoms with Crippen molar-refractivity contribution >= 4 is 29.5 Å². The molecule has 0 bridgehead atoms. The Kier molecular flexibility index (Phi) is 5.18. The maximum atomic E-state index is 13.8. The van der Waals surface area contributed by atoms with Gasteiger partial charge >= 0.3 is 0 Å². The number of nitrogens with one attached hydrogen (secondary N) is 1. The first-order chi connectivity index (χ1) is 12.4. The van der Waals surface area contributed by atoms with Crippen LogP contribution in [0.15, 0.2) is 35.3 Å². The van der Waals surface area contributed by atoms with Crippen LogP contribution >= 0.6 is 11.6 Å².